The van der Waals surface area contributed by atoms with Gasteiger partial charge in [0.1, 0.15) is 0 Å². The Morgan fingerprint density at radius 2 is 1.91 bits per heavy atom. The van der Waals surface area contributed by atoms with Crippen LogP contribution in [-0.2, 0) is 9.59 Å². The highest BCUT2D eigenvalue weighted by atomic mass is 16.2. The summed E-state index contributed by atoms with van der Waals surface area (Å²) in [5.74, 6) is -1.71. The summed E-state index contributed by atoms with van der Waals surface area (Å²) in [6, 6.07) is 4.67. The maximum atomic E-state index is 12.7. The van der Waals surface area contributed by atoms with Crippen LogP contribution in [0.1, 0.15) is 40.5 Å². The molecule has 3 N–H and O–H groups in total. The number of allylic oxidation sites excluding steroid dienone is 1. The molecule has 6 heteroatoms. The van der Waals surface area contributed by atoms with E-state index in [1.54, 1.807) is 19.1 Å². The lowest BCUT2D eigenvalue weighted by Gasteiger charge is -2.34. The lowest BCUT2D eigenvalue weighted by molar-refractivity contribution is -0.139. The molecule has 1 heterocycles. The van der Waals surface area contributed by atoms with Crippen molar-refractivity contribution in [3.63, 3.8) is 0 Å². The molecule has 1 aromatic carbocycles. The number of carbonyl (C=O) groups is 4. The normalized spacial score (nSPS) is 24.7. The first-order valence-electron chi connectivity index (χ1n) is 6.88. The third-order valence-corrected chi connectivity index (χ3v) is 4.31. The molecule has 1 aliphatic carbocycles. The van der Waals surface area contributed by atoms with E-state index < -0.39 is 22.9 Å². The second-order valence-corrected chi connectivity index (χ2v) is 5.73. The van der Waals surface area contributed by atoms with Crippen molar-refractivity contribution < 1.29 is 19.2 Å². The molecule has 0 bridgehead atoms. The Morgan fingerprint density at radius 3 is 2.59 bits per heavy atom. The number of amides is 2. The smallest absolute Gasteiger partial charge is 0.237 e. The van der Waals surface area contributed by atoms with Gasteiger partial charge in [-0.25, -0.2) is 0 Å². The minimum Gasteiger partial charge on any atom is -0.398 e. The van der Waals surface area contributed by atoms with Crippen LogP contribution in [0.3, 0.4) is 0 Å². The molecular weight excluding hydrogens is 284 g/mol. The van der Waals surface area contributed by atoms with Crippen LogP contribution in [0.25, 0.3) is 0 Å². The van der Waals surface area contributed by atoms with Gasteiger partial charge in [-0.1, -0.05) is 12.1 Å². The number of fused-ring (bicyclic) bond motifs is 1. The summed E-state index contributed by atoms with van der Waals surface area (Å²) in [4.78, 5) is 48.5. The molecule has 0 radical (unpaired) electrons. The standard InChI is InChI=1S/C16H14N2O4/c1-16(6-5-12(20)18-15(16)22)9-7-11(19)13-8(14(9)21)3-2-4-10(13)17/h2-4,7H,5-6,17H2,1H3,(H,18,20,22)/t16-/m0/s1. The molecule has 0 saturated carbocycles. The van der Waals surface area contributed by atoms with Gasteiger partial charge in [-0.15, -0.1) is 0 Å². The van der Waals surface area contributed by atoms with Crippen LogP contribution in [0.4, 0.5) is 5.69 Å². The number of carbonyl (C=O) groups excluding carboxylic acids is 4. The van der Waals surface area contributed by atoms with Gasteiger partial charge in [0.05, 0.1) is 11.0 Å². The first kappa shape index (κ1) is 14.2. The molecule has 1 aromatic rings. The number of ketones is 2. The average molecular weight is 298 g/mol. The van der Waals surface area contributed by atoms with Gasteiger partial charge < -0.3 is 5.73 Å². The van der Waals surface area contributed by atoms with Gasteiger partial charge in [0.2, 0.25) is 11.8 Å². The van der Waals surface area contributed by atoms with Crippen molar-refractivity contribution in [2.24, 2.45) is 5.41 Å². The van der Waals surface area contributed by atoms with Crippen molar-refractivity contribution in [3.05, 3.63) is 41.0 Å². The average Bonchev–Trinajstić information content (AvgIpc) is 2.47. The lowest BCUT2D eigenvalue weighted by atomic mass is 9.69. The molecule has 112 valence electrons. The van der Waals surface area contributed by atoms with Gasteiger partial charge in [0, 0.05) is 23.2 Å². The van der Waals surface area contributed by atoms with Gasteiger partial charge in [0.15, 0.2) is 11.6 Å². The highest BCUT2D eigenvalue weighted by Crippen LogP contribution is 2.40. The van der Waals surface area contributed by atoms with E-state index in [-0.39, 0.29) is 41.1 Å². The van der Waals surface area contributed by atoms with Gasteiger partial charge in [-0.05, 0) is 25.5 Å². The number of hydrogen-bond donors (Lipinski definition) is 2. The number of nitrogens with one attached hydrogen (secondary N) is 1. The van der Waals surface area contributed by atoms with Crippen LogP contribution < -0.4 is 11.1 Å². The molecule has 22 heavy (non-hydrogen) atoms. The maximum Gasteiger partial charge on any atom is 0.237 e. The van der Waals surface area contributed by atoms with Crippen LogP contribution in [0, 0.1) is 5.41 Å². The summed E-state index contributed by atoms with van der Waals surface area (Å²) in [5, 5.41) is 2.23. The van der Waals surface area contributed by atoms with E-state index in [4.69, 9.17) is 5.73 Å². The van der Waals surface area contributed by atoms with Crippen molar-refractivity contribution in [1.29, 1.82) is 0 Å². The molecular formula is C16H14N2O4. The van der Waals surface area contributed by atoms with E-state index in [0.29, 0.717) is 0 Å². The molecule has 1 atom stereocenters. The number of imide groups is 1. The molecule has 2 amide bonds. The van der Waals surface area contributed by atoms with E-state index in [2.05, 4.69) is 5.32 Å². The summed E-state index contributed by atoms with van der Waals surface area (Å²) in [5.41, 5.74) is 5.30. The fourth-order valence-electron chi connectivity index (χ4n) is 2.92. The number of nitrogens with two attached hydrogens (primary N) is 1. The van der Waals surface area contributed by atoms with Gasteiger partial charge in [0.25, 0.3) is 0 Å². The molecule has 6 nitrogen and oxygen atoms in total. The molecule has 0 aromatic heterocycles. The minimum absolute atomic E-state index is 0.112. The van der Waals surface area contributed by atoms with Crippen molar-refractivity contribution >= 4 is 29.1 Å². The quantitative estimate of drug-likeness (QED) is 0.594. The third-order valence-electron chi connectivity index (χ3n) is 4.31. The van der Waals surface area contributed by atoms with Gasteiger partial charge >= 0.3 is 0 Å². The summed E-state index contributed by atoms with van der Waals surface area (Å²) in [6.45, 7) is 1.57. The summed E-state index contributed by atoms with van der Waals surface area (Å²) < 4.78 is 0. The lowest BCUT2D eigenvalue weighted by Crippen LogP contribution is -2.50. The first-order valence-corrected chi connectivity index (χ1v) is 6.88. The Hall–Kier alpha value is -2.76. The van der Waals surface area contributed by atoms with E-state index >= 15 is 0 Å². The molecule has 1 aliphatic heterocycles. The summed E-state index contributed by atoms with van der Waals surface area (Å²) in [6.07, 6.45) is 1.50. The second kappa shape index (κ2) is 4.62. The Kier molecular flexibility index (Phi) is 2.98. The predicted octanol–water partition coefficient (Wildman–Crippen LogP) is 1.02. The first-order chi connectivity index (χ1) is 10.3. The summed E-state index contributed by atoms with van der Waals surface area (Å²) in [7, 11) is 0. The van der Waals surface area contributed by atoms with Crippen LogP contribution in [-0.4, -0.2) is 23.4 Å². The number of anilines is 1. The van der Waals surface area contributed by atoms with Crippen LogP contribution in [0.2, 0.25) is 0 Å². The largest absolute Gasteiger partial charge is 0.398 e. The maximum absolute atomic E-state index is 12.7. The number of benzene rings is 1. The molecule has 1 saturated heterocycles. The second-order valence-electron chi connectivity index (χ2n) is 5.73. The van der Waals surface area contributed by atoms with Crippen molar-refractivity contribution in [2.45, 2.75) is 19.8 Å². The number of nitrogen functional groups attached to an aromatic ring is 1. The molecule has 0 spiro atoms. The van der Waals surface area contributed by atoms with Crippen LogP contribution in [0.15, 0.2) is 29.8 Å². The molecule has 1 fully saturated rings. The van der Waals surface area contributed by atoms with E-state index in [9.17, 15) is 19.2 Å². The zero-order valence-corrected chi connectivity index (χ0v) is 11.9. The monoisotopic (exact) mass is 298 g/mol. The summed E-state index contributed by atoms with van der Waals surface area (Å²) >= 11 is 0. The van der Waals surface area contributed by atoms with E-state index in [1.807, 2.05) is 0 Å². The van der Waals surface area contributed by atoms with Crippen LogP contribution >= 0.6 is 0 Å². The Bertz CT molecular complexity index is 778. The zero-order chi connectivity index (χ0) is 16.1. The Labute approximate surface area is 126 Å². The molecule has 2 aliphatic rings. The Balaban J connectivity index is 2.11. The van der Waals surface area contributed by atoms with Crippen molar-refractivity contribution in [1.82, 2.24) is 5.32 Å². The SMILES string of the molecule is C[C@@]1(C2=CC(=O)c3c(N)cccc3C2=O)CCC(=O)NC1=O. The van der Waals surface area contributed by atoms with Crippen molar-refractivity contribution in [2.75, 3.05) is 5.73 Å². The molecule has 0 unspecified atom stereocenters. The highest BCUT2D eigenvalue weighted by Gasteiger charge is 2.46. The van der Waals surface area contributed by atoms with Gasteiger partial charge in [-0.2, -0.15) is 0 Å². The molecule has 3 rings (SSSR count). The number of rotatable bonds is 1. The third kappa shape index (κ3) is 1.88. The number of hydrogen-bond acceptors (Lipinski definition) is 5. The van der Waals surface area contributed by atoms with E-state index in [0.717, 1.165) is 0 Å². The van der Waals surface area contributed by atoms with Crippen LogP contribution in [0.5, 0.6) is 0 Å². The zero-order valence-electron chi connectivity index (χ0n) is 11.9. The number of Topliss-reactive ketones (excluding diaryl/α,β-unsaturated/α-hetero) is 1. The van der Waals surface area contributed by atoms with Gasteiger partial charge in [-0.3, -0.25) is 24.5 Å². The highest BCUT2D eigenvalue weighted by molar-refractivity contribution is 6.28. The van der Waals surface area contributed by atoms with Crippen molar-refractivity contribution in [3.8, 4) is 0 Å². The fraction of sp³-hybridized carbons (Fsp3) is 0.250. The fourth-order valence-corrected chi connectivity index (χ4v) is 2.92. The number of piperidine rings is 1. The Morgan fingerprint density at radius 1 is 1.18 bits per heavy atom. The predicted molar refractivity (Wildman–Crippen MR) is 78.1 cm³/mol. The van der Waals surface area contributed by atoms with E-state index in [1.165, 1.54) is 12.1 Å². The topological polar surface area (TPSA) is 106 Å². The minimum atomic E-state index is -1.19.